The van der Waals surface area contributed by atoms with Gasteiger partial charge in [-0.25, -0.2) is 12.8 Å². The van der Waals surface area contributed by atoms with Crippen LogP contribution in [0.4, 0.5) is 9.39 Å². The lowest BCUT2D eigenvalue weighted by atomic mass is 10.2. The number of hydrogen-bond donors (Lipinski definition) is 3. The third kappa shape index (κ3) is 3.68. The number of nitrogens with two attached hydrogens (primary N) is 1. The molecule has 2 rings (SSSR count). The van der Waals surface area contributed by atoms with Gasteiger partial charge in [0.25, 0.3) is 11.8 Å². The van der Waals surface area contributed by atoms with Crippen LogP contribution < -0.4 is 11.1 Å². The summed E-state index contributed by atoms with van der Waals surface area (Å²) in [6, 6.07) is 6.66. The zero-order chi connectivity index (χ0) is 16.3. The number of halogens is 1. The summed E-state index contributed by atoms with van der Waals surface area (Å²) in [6.45, 7) is 0. The zero-order valence-corrected chi connectivity index (χ0v) is 12.7. The van der Waals surface area contributed by atoms with Crippen LogP contribution in [0.3, 0.4) is 0 Å². The Hall–Kier alpha value is -2.26. The topological polar surface area (TPSA) is 106 Å². The average Bonchev–Trinajstić information content (AvgIpc) is 2.81. The fourth-order valence-corrected chi connectivity index (χ4v) is 3.51. The Labute approximate surface area is 130 Å². The van der Waals surface area contributed by atoms with Crippen LogP contribution in [0.25, 0.3) is 0 Å². The number of rotatable bonds is 5. The monoisotopic (exact) mass is 342 g/mol. The molecule has 9 heteroatoms. The number of thiophene rings is 1. The molecule has 1 aromatic heterocycles. The molecule has 2 aromatic rings. The van der Waals surface area contributed by atoms with Crippen molar-refractivity contribution in [2.24, 2.45) is 5.73 Å². The van der Waals surface area contributed by atoms with Gasteiger partial charge in [-0.3, -0.25) is 9.59 Å². The van der Waals surface area contributed by atoms with Crippen molar-refractivity contribution in [3.63, 3.8) is 0 Å². The van der Waals surface area contributed by atoms with Gasteiger partial charge in [-0.15, -0.1) is 11.3 Å². The van der Waals surface area contributed by atoms with Crippen LogP contribution in [-0.4, -0.2) is 20.2 Å². The van der Waals surface area contributed by atoms with Crippen molar-refractivity contribution < 1.29 is 22.4 Å². The average molecular weight is 342 g/mol. The van der Waals surface area contributed by atoms with Crippen LogP contribution >= 0.6 is 11.3 Å². The second-order valence-electron chi connectivity index (χ2n) is 4.24. The Morgan fingerprint density at radius 1 is 1.23 bits per heavy atom. The second-order valence-corrected chi connectivity index (χ2v) is 6.36. The molecule has 0 bridgehead atoms. The first-order chi connectivity index (χ1) is 10.4. The van der Waals surface area contributed by atoms with Gasteiger partial charge in [0.1, 0.15) is 21.5 Å². The van der Waals surface area contributed by atoms with E-state index in [1.807, 2.05) is 0 Å². The molecule has 0 unspecified atom stereocenters. The smallest absolute Gasteiger partial charge is 0.259 e. The third-order valence-electron chi connectivity index (χ3n) is 2.68. The maximum absolute atomic E-state index is 13.5. The van der Waals surface area contributed by atoms with Crippen molar-refractivity contribution in [3.05, 3.63) is 52.2 Å². The van der Waals surface area contributed by atoms with Crippen molar-refractivity contribution >= 4 is 38.9 Å². The van der Waals surface area contributed by atoms with Gasteiger partial charge in [0.15, 0.2) is 0 Å². The van der Waals surface area contributed by atoms with E-state index in [1.165, 1.54) is 24.3 Å². The standard InChI is InChI=1S/C13H11FN2O4S2/c14-10-4-2-1-3-8(10)12(18)16-13-9(11(15)17)5-7(21-13)6-22(19)20/h1-5,22H,6H2,(H2,15,17)(H,16,18). The molecule has 0 spiro atoms. The lowest BCUT2D eigenvalue weighted by Gasteiger charge is -2.05. The number of benzene rings is 1. The summed E-state index contributed by atoms with van der Waals surface area (Å²) in [4.78, 5) is 23.7. The van der Waals surface area contributed by atoms with E-state index in [0.29, 0.717) is 4.88 Å². The summed E-state index contributed by atoms with van der Waals surface area (Å²) >= 11 is 0.906. The maximum atomic E-state index is 13.5. The number of primary amides is 1. The molecule has 2 amide bonds. The first kappa shape index (κ1) is 16.1. The Morgan fingerprint density at radius 2 is 1.91 bits per heavy atom. The van der Waals surface area contributed by atoms with E-state index < -0.39 is 28.3 Å². The predicted octanol–water partition coefficient (Wildman–Crippen LogP) is 1.35. The van der Waals surface area contributed by atoms with Crippen molar-refractivity contribution in [3.8, 4) is 0 Å². The summed E-state index contributed by atoms with van der Waals surface area (Å²) < 4.78 is 35.0. The minimum atomic E-state index is -2.68. The van der Waals surface area contributed by atoms with E-state index in [4.69, 9.17) is 5.73 Å². The zero-order valence-electron chi connectivity index (χ0n) is 11.0. The molecule has 0 radical (unpaired) electrons. The highest BCUT2D eigenvalue weighted by Gasteiger charge is 2.18. The molecule has 0 saturated heterocycles. The van der Waals surface area contributed by atoms with E-state index in [1.54, 1.807) is 0 Å². The van der Waals surface area contributed by atoms with Gasteiger partial charge in [0, 0.05) is 4.88 Å². The van der Waals surface area contributed by atoms with Gasteiger partial charge in [-0.1, -0.05) is 12.1 Å². The molecule has 0 aliphatic rings. The molecule has 116 valence electrons. The van der Waals surface area contributed by atoms with Crippen molar-refractivity contribution in [1.82, 2.24) is 0 Å². The molecule has 1 heterocycles. The molecule has 1 aromatic carbocycles. The lowest BCUT2D eigenvalue weighted by molar-refractivity contribution is 0.100. The Kier molecular flexibility index (Phi) is 4.88. The van der Waals surface area contributed by atoms with Crippen LogP contribution in [-0.2, 0) is 16.5 Å². The van der Waals surface area contributed by atoms with Crippen molar-refractivity contribution in [2.45, 2.75) is 5.75 Å². The summed E-state index contributed by atoms with van der Waals surface area (Å²) in [6.07, 6.45) is 0. The summed E-state index contributed by atoms with van der Waals surface area (Å²) in [7, 11) is -2.68. The molecule has 22 heavy (non-hydrogen) atoms. The minimum Gasteiger partial charge on any atom is -0.366 e. The summed E-state index contributed by atoms with van der Waals surface area (Å²) in [5.41, 5.74) is 4.99. The number of carbonyl (C=O) groups is 2. The Balaban J connectivity index is 2.32. The van der Waals surface area contributed by atoms with Crippen molar-refractivity contribution in [2.75, 3.05) is 5.32 Å². The first-order valence-corrected chi connectivity index (χ1v) is 8.16. The number of carbonyl (C=O) groups excluding carboxylic acids is 2. The van der Waals surface area contributed by atoms with E-state index >= 15 is 0 Å². The van der Waals surface area contributed by atoms with Gasteiger partial charge >= 0.3 is 0 Å². The largest absolute Gasteiger partial charge is 0.366 e. The van der Waals surface area contributed by atoms with Gasteiger partial charge in [0.2, 0.25) is 0 Å². The molecule has 3 N–H and O–H groups in total. The molecule has 0 fully saturated rings. The van der Waals surface area contributed by atoms with E-state index in [9.17, 15) is 22.4 Å². The number of thiol groups is 1. The quantitative estimate of drug-likeness (QED) is 0.713. The number of hydrogen-bond acceptors (Lipinski definition) is 5. The maximum Gasteiger partial charge on any atom is 0.259 e. The molecule has 0 saturated carbocycles. The summed E-state index contributed by atoms with van der Waals surface area (Å²) in [5.74, 6) is -2.54. The van der Waals surface area contributed by atoms with Crippen molar-refractivity contribution in [1.29, 1.82) is 0 Å². The van der Waals surface area contributed by atoms with E-state index in [0.717, 1.165) is 17.4 Å². The Bertz CT molecular complexity index is 806. The van der Waals surface area contributed by atoms with Crippen LogP contribution in [0.1, 0.15) is 25.6 Å². The first-order valence-electron chi connectivity index (χ1n) is 5.98. The molecule has 0 aliphatic heterocycles. The van der Waals surface area contributed by atoms with Gasteiger partial charge in [-0.2, -0.15) is 0 Å². The highest BCUT2D eigenvalue weighted by Crippen LogP contribution is 2.29. The van der Waals surface area contributed by atoms with E-state index in [-0.39, 0.29) is 21.9 Å². The highest BCUT2D eigenvalue weighted by atomic mass is 32.2. The lowest BCUT2D eigenvalue weighted by Crippen LogP contribution is -2.17. The number of nitrogens with one attached hydrogen (secondary N) is 1. The highest BCUT2D eigenvalue weighted by molar-refractivity contribution is 7.71. The molecular formula is C13H11FN2O4S2. The molecular weight excluding hydrogens is 331 g/mol. The third-order valence-corrected chi connectivity index (χ3v) is 4.54. The fraction of sp³-hybridized carbons (Fsp3) is 0.0769. The van der Waals surface area contributed by atoms with Crippen LogP contribution in [0.15, 0.2) is 30.3 Å². The van der Waals surface area contributed by atoms with Crippen LogP contribution in [0.2, 0.25) is 0 Å². The van der Waals surface area contributed by atoms with Gasteiger partial charge in [-0.05, 0) is 18.2 Å². The van der Waals surface area contributed by atoms with Gasteiger partial charge < -0.3 is 11.1 Å². The van der Waals surface area contributed by atoms with Gasteiger partial charge in [0.05, 0.1) is 16.9 Å². The predicted molar refractivity (Wildman–Crippen MR) is 81.2 cm³/mol. The fourth-order valence-electron chi connectivity index (χ4n) is 1.74. The van der Waals surface area contributed by atoms with E-state index in [2.05, 4.69) is 5.32 Å². The van der Waals surface area contributed by atoms with Crippen LogP contribution in [0.5, 0.6) is 0 Å². The molecule has 0 aliphatic carbocycles. The normalized spacial score (nSPS) is 10.6. The molecule has 0 atom stereocenters. The number of amides is 2. The number of anilines is 1. The minimum absolute atomic E-state index is 0.0125. The summed E-state index contributed by atoms with van der Waals surface area (Å²) in [5, 5.41) is 2.47. The van der Waals surface area contributed by atoms with Crippen LogP contribution in [0, 0.1) is 5.82 Å². The second kappa shape index (κ2) is 6.67. The SMILES string of the molecule is NC(=O)c1cc(C[SH](=O)=O)sc1NC(=O)c1ccccc1F. The molecule has 6 nitrogen and oxygen atoms in total. The Morgan fingerprint density at radius 3 is 2.50 bits per heavy atom.